The van der Waals surface area contributed by atoms with E-state index in [1.54, 1.807) is 7.11 Å². The van der Waals surface area contributed by atoms with Gasteiger partial charge < -0.3 is 19.7 Å². The molecule has 0 radical (unpaired) electrons. The van der Waals surface area contributed by atoms with Gasteiger partial charge in [-0.15, -0.1) is 0 Å². The van der Waals surface area contributed by atoms with Gasteiger partial charge in [0.05, 0.1) is 13.2 Å². The summed E-state index contributed by atoms with van der Waals surface area (Å²) in [5, 5.41) is 4.16. The molecular formula is C16H27ClN2O2. The Balaban J connectivity index is 2.75. The molecule has 5 heteroatoms. The van der Waals surface area contributed by atoms with Gasteiger partial charge in [-0.1, -0.05) is 17.7 Å². The summed E-state index contributed by atoms with van der Waals surface area (Å²) in [6.07, 6.45) is 0. The SMILES string of the molecule is CCOCCN(CC)c1cccc(Cl)c1CNCCOC. The fourth-order valence-electron chi connectivity index (χ4n) is 2.17. The second-order valence-corrected chi connectivity index (χ2v) is 5.09. The van der Waals surface area contributed by atoms with Crippen LogP contribution in [0.5, 0.6) is 0 Å². The molecule has 1 rings (SSSR count). The second kappa shape index (κ2) is 10.9. The normalized spacial score (nSPS) is 10.9. The maximum Gasteiger partial charge on any atom is 0.0641 e. The Morgan fingerprint density at radius 3 is 2.71 bits per heavy atom. The smallest absolute Gasteiger partial charge is 0.0641 e. The average molecular weight is 315 g/mol. The largest absolute Gasteiger partial charge is 0.383 e. The third kappa shape index (κ3) is 6.22. The van der Waals surface area contributed by atoms with Gasteiger partial charge >= 0.3 is 0 Å². The molecule has 1 N–H and O–H groups in total. The van der Waals surface area contributed by atoms with Crippen molar-refractivity contribution in [3.63, 3.8) is 0 Å². The summed E-state index contributed by atoms with van der Waals surface area (Å²) in [6, 6.07) is 6.06. The Kier molecular flexibility index (Phi) is 9.42. The Bertz CT molecular complexity index is 402. The van der Waals surface area contributed by atoms with Gasteiger partial charge in [0.1, 0.15) is 0 Å². The molecule has 0 spiro atoms. The fourth-order valence-corrected chi connectivity index (χ4v) is 2.41. The summed E-state index contributed by atoms with van der Waals surface area (Å²) < 4.78 is 10.5. The maximum atomic E-state index is 6.38. The molecule has 0 saturated carbocycles. The van der Waals surface area contributed by atoms with E-state index < -0.39 is 0 Å². The summed E-state index contributed by atoms with van der Waals surface area (Å²) in [5.41, 5.74) is 2.31. The number of nitrogens with zero attached hydrogens (tertiary/aromatic N) is 1. The van der Waals surface area contributed by atoms with Crippen molar-refractivity contribution in [2.24, 2.45) is 0 Å². The zero-order valence-corrected chi connectivity index (χ0v) is 14.1. The number of nitrogens with one attached hydrogen (secondary N) is 1. The molecule has 0 bridgehead atoms. The topological polar surface area (TPSA) is 33.7 Å². The Labute approximate surface area is 133 Å². The van der Waals surface area contributed by atoms with Crippen LogP contribution in [0.3, 0.4) is 0 Å². The lowest BCUT2D eigenvalue weighted by Crippen LogP contribution is -2.29. The van der Waals surface area contributed by atoms with Crippen LogP contribution in [0.25, 0.3) is 0 Å². The maximum absolute atomic E-state index is 6.38. The molecule has 4 nitrogen and oxygen atoms in total. The fraction of sp³-hybridized carbons (Fsp3) is 0.625. The summed E-state index contributed by atoms with van der Waals surface area (Å²) in [6.45, 7) is 9.69. The first-order valence-corrected chi connectivity index (χ1v) is 7.92. The van der Waals surface area contributed by atoms with Gasteiger partial charge in [0, 0.05) is 56.2 Å². The lowest BCUT2D eigenvalue weighted by Gasteiger charge is -2.26. The third-order valence-corrected chi connectivity index (χ3v) is 3.67. The summed E-state index contributed by atoms with van der Waals surface area (Å²) in [5.74, 6) is 0. The van der Waals surface area contributed by atoms with Crippen molar-refractivity contribution in [3.05, 3.63) is 28.8 Å². The van der Waals surface area contributed by atoms with Crippen molar-refractivity contribution in [2.75, 3.05) is 51.5 Å². The molecule has 0 aliphatic heterocycles. The minimum Gasteiger partial charge on any atom is -0.383 e. The van der Waals surface area contributed by atoms with Crippen LogP contribution < -0.4 is 10.2 Å². The van der Waals surface area contributed by atoms with Gasteiger partial charge in [0.15, 0.2) is 0 Å². The van der Waals surface area contributed by atoms with Gasteiger partial charge in [-0.3, -0.25) is 0 Å². The summed E-state index contributed by atoms with van der Waals surface area (Å²) in [7, 11) is 1.70. The van der Waals surface area contributed by atoms with Crippen LogP contribution in [0.1, 0.15) is 19.4 Å². The number of rotatable bonds is 11. The Hall–Kier alpha value is -0.810. The minimum atomic E-state index is 0.696. The first-order chi connectivity index (χ1) is 10.2. The lowest BCUT2D eigenvalue weighted by molar-refractivity contribution is 0.154. The molecular weight excluding hydrogens is 288 g/mol. The summed E-state index contributed by atoms with van der Waals surface area (Å²) in [4.78, 5) is 2.30. The molecule has 1 aromatic carbocycles. The Morgan fingerprint density at radius 1 is 1.24 bits per heavy atom. The number of methoxy groups -OCH3 is 1. The van der Waals surface area contributed by atoms with Crippen molar-refractivity contribution in [3.8, 4) is 0 Å². The molecule has 0 atom stereocenters. The van der Waals surface area contributed by atoms with E-state index in [4.69, 9.17) is 21.1 Å². The van der Waals surface area contributed by atoms with Crippen LogP contribution >= 0.6 is 11.6 Å². The lowest BCUT2D eigenvalue weighted by atomic mass is 10.1. The van der Waals surface area contributed by atoms with Gasteiger partial charge in [-0.05, 0) is 26.0 Å². The number of halogens is 1. The van der Waals surface area contributed by atoms with E-state index in [1.807, 2.05) is 19.1 Å². The molecule has 0 heterocycles. The molecule has 0 unspecified atom stereocenters. The second-order valence-electron chi connectivity index (χ2n) is 4.68. The molecule has 120 valence electrons. The van der Waals surface area contributed by atoms with Crippen LogP contribution in [0.15, 0.2) is 18.2 Å². The van der Waals surface area contributed by atoms with Crippen LogP contribution in [0.4, 0.5) is 5.69 Å². The van der Waals surface area contributed by atoms with Gasteiger partial charge in [-0.2, -0.15) is 0 Å². The highest BCUT2D eigenvalue weighted by Crippen LogP contribution is 2.27. The van der Waals surface area contributed by atoms with E-state index in [1.165, 1.54) is 5.69 Å². The monoisotopic (exact) mass is 314 g/mol. The highest BCUT2D eigenvalue weighted by atomic mass is 35.5. The minimum absolute atomic E-state index is 0.696. The van der Waals surface area contributed by atoms with E-state index in [2.05, 4.69) is 23.2 Å². The molecule has 0 aliphatic carbocycles. The number of hydrogen-bond acceptors (Lipinski definition) is 4. The molecule has 1 aromatic rings. The molecule has 0 aliphatic rings. The number of benzene rings is 1. The van der Waals surface area contributed by atoms with Crippen molar-refractivity contribution in [2.45, 2.75) is 20.4 Å². The van der Waals surface area contributed by atoms with Gasteiger partial charge in [-0.25, -0.2) is 0 Å². The predicted molar refractivity (Wildman–Crippen MR) is 89.4 cm³/mol. The van der Waals surface area contributed by atoms with Crippen molar-refractivity contribution < 1.29 is 9.47 Å². The molecule has 0 aromatic heterocycles. The van der Waals surface area contributed by atoms with E-state index in [-0.39, 0.29) is 0 Å². The number of likely N-dealkylation sites (N-methyl/N-ethyl adjacent to an activating group) is 1. The highest BCUT2D eigenvalue weighted by molar-refractivity contribution is 6.31. The summed E-state index contributed by atoms with van der Waals surface area (Å²) >= 11 is 6.38. The molecule has 0 fully saturated rings. The van der Waals surface area contributed by atoms with E-state index >= 15 is 0 Å². The van der Waals surface area contributed by atoms with Crippen LogP contribution in [0.2, 0.25) is 5.02 Å². The van der Waals surface area contributed by atoms with Crippen molar-refractivity contribution in [1.82, 2.24) is 5.32 Å². The van der Waals surface area contributed by atoms with Gasteiger partial charge in [0.25, 0.3) is 0 Å². The van der Waals surface area contributed by atoms with E-state index in [0.717, 1.165) is 50.0 Å². The van der Waals surface area contributed by atoms with Crippen LogP contribution in [0, 0.1) is 0 Å². The standard InChI is InChI=1S/C16H27ClN2O2/c1-4-19(10-12-21-5-2)16-8-6-7-15(17)14(16)13-18-9-11-20-3/h6-8,18H,4-5,9-13H2,1-3H3. The quantitative estimate of drug-likeness (QED) is 0.637. The molecule has 21 heavy (non-hydrogen) atoms. The zero-order chi connectivity index (χ0) is 15.5. The molecule has 0 amide bonds. The first-order valence-electron chi connectivity index (χ1n) is 7.54. The van der Waals surface area contributed by atoms with Gasteiger partial charge in [0.2, 0.25) is 0 Å². The Morgan fingerprint density at radius 2 is 2.05 bits per heavy atom. The van der Waals surface area contributed by atoms with E-state index in [9.17, 15) is 0 Å². The zero-order valence-electron chi connectivity index (χ0n) is 13.3. The highest BCUT2D eigenvalue weighted by Gasteiger charge is 2.12. The van der Waals surface area contributed by atoms with Crippen LogP contribution in [-0.2, 0) is 16.0 Å². The number of ether oxygens (including phenoxy) is 2. The van der Waals surface area contributed by atoms with Crippen molar-refractivity contribution in [1.29, 1.82) is 0 Å². The van der Waals surface area contributed by atoms with Crippen LogP contribution in [-0.4, -0.2) is 46.6 Å². The third-order valence-electron chi connectivity index (χ3n) is 3.31. The number of hydrogen-bond donors (Lipinski definition) is 1. The average Bonchev–Trinajstić information content (AvgIpc) is 2.49. The predicted octanol–water partition coefficient (Wildman–Crippen LogP) is 2.94. The van der Waals surface area contributed by atoms with E-state index in [0.29, 0.717) is 6.61 Å². The first kappa shape index (κ1) is 18.2. The molecule has 0 saturated heterocycles. The number of anilines is 1. The van der Waals surface area contributed by atoms with Crippen molar-refractivity contribution >= 4 is 17.3 Å².